The van der Waals surface area contributed by atoms with Crippen molar-refractivity contribution in [2.45, 2.75) is 51.6 Å². The third-order valence-electron chi connectivity index (χ3n) is 6.03. The molecule has 0 spiro atoms. The molecule has 2 N–H and O–H groups in total. The Morgan fingerprint density at radius 3 is 2.10 bits per heavy atom. The zero-order chi connectivity index (χ0) is 22.4. The Balaban J connectivity index is 1.68. The van der Waals surface area contributed by atoms with E-state index in [-0.39, 0.29) is 29.8 Å². The van der Waals surface area contributed by atoms with Crippen molar-refractivity contribution in [2.75, 3.05) is 33.3 Å². The average molecular weight is 431 g/mol. The Morgan fingerprint density at radius 1 is 0.935 bits per heavy atom. The highest BCUT2D eigenvalue weighted by molar-refractivity contribution is 5.97. The van der Waals surface area contributed by atoms with Gasteiger partial charge in [-0.05, 0) is 69.7 Å². The maximum Gasteiger partial charge on any atom is 0.317 e. The van der Waals surface area contributed by atoms with Crippen LogP contribution < -0.4 is 15.4 Å². The predicted octanol–water partition coefficient (Wildman–Crippen LogP) is 2.25. The third kappa shape index (κ3) is 5.89. The van der Waals surface area contributed by atoms with Crippen LogP contribution in [0.5, 0.6) is 5.75 Å². The van der Waals surface area contributed by atoms with Crippen LogP contribution in [0.2, 0.25) is 0 Å². The molecule has 0 aromatic heterocycles. The summed E-state index contributed by atoms with van der Waals surface area (Å²) >= 11 is 0. The summed E-state index contributed by atoms with van der Waals surface area (Å²) in [5, 5.41) is 5.92. The van der Waals surface area contributed by atoms with Crippen molar-refractivity contribution < 1.29 is 19.1 Å². The first-order valence-corrected chi connectivity index (χ1v) is 11.2. The molecule has 2 fully saturated rings. The molecule has 0 radical (unpaired) electrons. The fourth-order valence-electron chi connectivity index (χ4n) is 4.26. The number of rotatable bonds is 6. The monoisotopic (exact) mass is 430 g/mol. The molecule has 1 atom stereocenters. The Labute approximate surface area is 184 Å². The van der Waals surface area contributed by atoms with Gasteiger partial charge < -0.3 is 25.2 Å². The number of nitrogens with one attached hydrogen (secondary N) is 2. The van der Waals surface area contributed by atoms with Crippen LogP contribution >= 0.6 is 0 Å². The van der Waals surface area contributed by atoms with Crippen LogP contribution in [0.4, 0.5) is 4.79 Å². The molecule has 0 unspecified atom stereocenters. The van der Waals surface area contributed by atoms with Crippen LogP contribution in [0.25, 0.3) is 0 Å². The molecule has 1 aromatic carbocycles. The van der Waals surface area contributed by atoms with E-state index in [0.717, 1.165) is 25.9 Å². The van der Waals surface area contributed by atoms with E-state index in [2.05, 4.69) is 10.6 Å². The number of carbonyl (C=O) groups is 3. The van der Waals surface area contributed by atoms with Gasteiger partial charge in [-0.2, -0.15) is 0 Å². The minimum absolute atomic E-state index is 0.00148. The molecule has 8 heteroatoms. The largest absolute Gasteiger partial charge is 0.497 e. The molecular weight excluding hydrogens is 396 g/mol. The Kier molecular flexibility index (Phi) is 7.76. The van der Waals surface area contributed by atoms with Gasteiger partial charge in [-0.15, -0.1) is 0 Å². The van der Waals surface area contributed by atoms with E-state index in [4.69, 9.17) is 4.74 Å². The van der Waals surface area contributed by atoms with Gasteiger partial charge in [0.1, 0.15) is 11.8 Å². The number of likely N-dealkylation sites (tertiary alicyclic amines) is 2. The van der Waals surface area contributed by atoms with E-state index in [1.165, 1.54) is 0 Å². The lowest BCUT2D eigenvalue weighted by molar-refractivity contribution is -0.134. The minimum atomic E-state index is -0.581. The zero-order valence-corrected chi connectivity index (χ0v) is 18.7. The van der Waals surface area contributed by atoms with Crippen molar-refractivity contribution in [2.24, 2.45) is 5.92 Å². The van der Waals surface area contributed by atoms with Crippen molar-refractivity contribution in [1.82, 2.24) is 20.4 Å². The van der Waals surface area contributed by atoms with Crippen LogP contribution in [0.3, 0.4) is 0 Å². The average Bonchev–Trinajstić information content (AvgIpc) is 3.31. The summed E-state index contributed by atoms with van der Waals surface area (Å²) in [6.45, 7) is 6.50. The fraction of sp³-hybridized carbons (Fsp3) is 0.609. The number of hydrogen-bond acceptors (Lipinski definition) is 4. The number of methoxy groups -OCH3 is 1. The van der Waals surface area contributed by atoms with Gasteiger partial charge in [-0.25, -0.2) is 4.79 Å². The molecule has 8 nitrogen and oxygen atoms in total. The second-order valence-electron chi connectivity index (χ2n) is 8.64. The molecule has 2 heterocycles. The number of urea groups is 1. The van der Waals surface area contributed by atoms with Crippen LogP contribution in [0.1, 0.15) is 49.9 Å². The smallest absolute Gasteiger partial charge is 0.317 e. The number of benzene rings is 1. The van der Waals surface area contributed by atoms with Crippen LogP contribution in [0.15, 0.2) is 24.3 Å². The first kappa shape index (κ1) is 22.9. The van der Waals surface area contributed by atoms with Crippen molar-refractivity contribution >= 4 is 17.8 Å². The van der Waals surface area contributed by atoms with Crippen LogP contribution in [-0.2, 0) is 4.79 Å². The van der Waals surface area contributed by atoms with Gasteiger partial charge in [0.15, 0.2) is 0 Å². The fourth-order valence-corrected chi connectivity index (χ4v) is 4.26. The van der Waals surface area contributed by atoms with Crippen molar-refractivity contribution in [3.8, 4) is 5.75 Å². The molecule has 1 aromatic rings. The summed E-state index contributed by atoms with van der Waals surface area (Å²) in [5.74, 6) is 0.399. The molecular formula is C23H34N4O4. The number of hydrogen-bond donors (Lipinski definition) is 2. The standard InChI is InChI=1S/C23H34N4O4/c1-16(2)24-23(30)27-14-10-17(11-15-27)20(22(29)26-12-4-5-13-26)25-21(28)18-6-8-19(31-3)9-7-18/h6-9,16-17,20H,4-5,10-15H2,1-3H3,(H,24,30)(H,25,28)/t20-/m1/s1. The molecule has 2 aliphatic heterocycles. The summed E-state index contributed by atoms with van der Waals surface area (Å²) in [5.41, 5.74) is 0.494. The number of piperidine rings is 1. The lowest BCUT2D eigenvalue weighted by atomic mass is 9.88. The number of amides is 4. The summed E-state index contributed by atoms with van der Waals surface area (Å²) in [6, 6.07) is 6.30. The molecule has 0 bridgehead atoms. The SMILES string of the molecule is COc1ccc(C(=O)N[C@@H](C(=O)N2CCCC2)C2CCN(C(=O)NC(C)C)CC2)cc1. The molecule has 31 heavy (non-hydrogen) atoms. The van der Waals surface area contributed by atoms with Gasteiger partial charge in [0, 0.05) is 37.8 Å². The topological polar surface area (TPSA) is 91.0 Å². The number of ether oxygens (including phenoxy) is 1. The van der Waals surface area contributed by atoms with E-state index < -0.39 is 6.04 Å². The molecule has 170 valence electrons. The van der Waals surface area contributed by atoms with E-state index in [9.17, 15) is 14.4 Å². The zero-order valence-electron chi connectivity index (χ0n) is 18.7. The maximum atomic E-state index is 13.3. The highest BCUT2D eigenvalue weighted by Gasteiger charge is 2.36. The van der Waals surface area contributed by atoms with Gasteiger partial charge in [0.2, 0.25) is 5.91 Å². The van der Waals surface area contributed by atoms with Crippen LogP contribution in [0, 0.1) is 5.92 Å². The van der Waals surface area contributed by atoms with Gasteiger partial charge in [0.25, 0.3) is 5.91 Å². The predicted molar refractivity (Wildman–Crippen MR) is 118 cm³/mol. The van der Waals surface area contributed by atoms with E-state index in [1.807, 2.05) is 18.7 Å². The second kappa shape index (κ2) is 10.5. The Morgan fingerprint density at radius 2 is 1.55 bits per heavy atom. The van der Waals surface area contributed by atoms with Crippen molar-refractivity contribution in [3.05, 3.63) is 29.8 Å². The summed E-state index contributed by atoms with van der Waals surface area (Å²) in [4.78, 5) is 42.1. The summed E-state index contributed by atoms with van der Waals surface area (Å²) in [6.07, 6.45) is 3.36. The van der Waals surface area contributed by atoms with E-state index in [1.54, 1.807) is 36.3 Å². The number of carbonyl (C=O) groups excluding carboxylic acids is 3. The first-order chi connectivity index (χ1) is 14.9. The highest BCUT2D eigenvalue weighted by atomic mass is 16.5. The van der Waals surface area contributed by atoms with Gasteiger partial charge in [-0.1, -0.05) is 0 Å². The summed E-state index contributed by atoms with van der Waals surface area (Å²) < 4.78 is 5.15. The molecule has 3 rings (SSSR count). The lowest BCUT2D eigenvalue weighted by Crippen LogP contribution is -2.55. The molecule has 4 amide bonds. The summed E-state index contributed by atoms with van der Waals surface area (Å²) in [7, 11) is 1.58. The number of nitrogens with zero attached hydrogens (tertiary/aromatic N) is 2. The van der Waals surface area contributed by atoms with E-state index >= 15 is 0 Å². The van der Waals surface area contributed by atoms with Crippen LogP contribution in [-0.4, -0.2) is 73.0 Å². The van der Waals surface area contributed by atoms with Crippen molar-refractivity contribution in [1.29, 1.82) is 0 Å². The van der Waals surface area contributed by atoms with E-state index in [0.29, 0.717) is 37.2 Å². The lowest BCUT2D eigenvalue weighted by Gasteiger charge is -2.37. The maximum absolute atomic E-state index is 13.3. The van der Waals surface area contributed by atoms with Crippen molar-refractivity contribution in [3.63, 3.8) is 0 Å². The normalized spacial score (nSPS) is 18.1. The van der Waals surface area contributed by atoms with Gasteiger partial charge in [0.05, 0.1) is 7.11 Å². The Bertz CT molecular complexity index is 766. The molecule has 2 saturated heterocycles. The van der Waals surface area contributed by atoms with Gasteiger partial charge >= 0.3 is 6.03 Å². The minimum Gasteiger partial charge on any atom is -0.497 e. The first-order valence-electron chi connectivity index (χ1n) is 11.2. The molecule has 2 aliphatic rings. The Hall–Kier alpha value is -2.77. The quantitative estimate of drug-likeness (QED) is 0.724. The highest BCUT2D eigenvalue weighted by Crippen LogP contribution is 2.24. The molecule has 0 saturated carbocycles. The second-order valence-corrected chi connectivity index (χ2v) is 8.64. The third-order valence-corrected chi connectivity index (χ3v) is 6.03. The van der Waals surface area contributed by atoms with Gasteiger partial charge in [-0.3, -0.25) is 9.59 Å². The molecule has 0 aliphatic carbocycles.